The van der Waals surface area contributed by atoms with Crippen molar-refractivity contribution in [1.82, 2.24) is 19.9 Å². The highest BCUT2D eigenvalue weighted by Gasteiger charge is 2.29. The highest BCUT2D eigenvalue weighted by molar-refractivity contribution is 7.19. The summed E-state index contributed by atoms with van der Waals surface area (Å²) in [5, 5.41) is 4.45. The van der Waals surface area contributed by atoms with E-state index < -0.39 is 0 Å². The fourth-order valence-corrected chi connectivity index (χ4v) is 5.98. The Hall–Kier alpha value is -2.78. The van der Waals surface area contributed by atoms with Crippen molar-refractivity contribution in [3.8, 4) is 0 Å². The molecule has 0 spiro atoms. The van der Waals surface area contributed by atoms with E-state index in [0.29, 0.717) is 0 Å². The van der Waals surface area contributed by atoms with Crippen molar-refractivity contribution in [1.29, 1.82) is 0 Å². The van der Waals surface area contributed by atoms with Gasteiger partial charge in [0.1, 0.15) is 17.0 Å². The Morgan fingerprint density at radius 3 is 2.97 bits per heavy atom. The number of aromatic nitrogens is 3. The van der Waals surface area contributed by atoms with Crippen LogP contribution in [0.5, 0.6) is 0 Å². The zero-order valence-corrected chi connectivity index (χ0v) is 17.6. The van der Waals surface area contributed by atoms with Gasteiger partial charge in [0, 0.05) is 30.6 Å². The van der Waals surface area contributed by atoms with Gasteiger partial charge in [-0.15, -0.1) is 11.3 Å². The van der Waals surface area contributed by atoms with Crippen molar-refractivity contribution in [3.63, 3.8) is 0 Å². The van der Waals surface area contributed by atoms with Gasteiger partial charge in [-0.1, -0.05) is 11.3 Å². The molecule has 3 aromatic heterocycles. The fourth-order valence-electron chi connectivity index (χ4n) is 3.94. The van der Waals surface area contributed by atoms with Crippen LogP contribution in [0.4, 0.5) is 11.5 Å². The summed E-state index contributed by atoms with van der Waals surface area (Å²) in [6, 6.07) is 5.79. The lowest BCUT2D eigenvalue weighted by Crippen LogP contribution is -2.32. The Kier molecular flexibility index (Phi) is 4.36. The standard InChI is InChI=1S/C20H19N5O2S2/c1-25(2)19(26)10-3-5-12-14(7-10)28-18-16(12)17(21-9-22-18)23-11-4-6-13-15(8-11)29-20(27)24-13/h4,6,8-10H,3,5,7H2,1-2H3,(H,24,27)(H,21,22,23)/t10-/m0/s1. The SMILES string of the molecule is CN(C)C(=O)[C@H]1CCc2c(sc3ncnc(Nc4ccc5[nH]c(=O)sc5c4)c23)C1. The molecule has 0 saturated carbocycles. The van der Waals surface area contributed by atoms with Gasteiger partial charge in [0.25, 0.3) is 0 Å². The van der Waals surface area contributed by atoms with E-state index in [-0.39, 0.29) is 16.7 Å². The lowest BCUT2D eigenvalue weighted by Gasteiger charge is -2.24. The number of hydrogen-bond donors (Lipinski definition) is 2. The van der Waals surface area contributed by atoms with Crippen LogP contribution in [0, 0.1) is 5.92 Å². The first kappa shape index (κ1) is 18.3. The van der Waals surface area contributed by atoms with Crippen LogP contribution in [0.3, 0.4) is 0 Å². The molecule has 0 radical (unpaired) electrons. The van der Waals surface area contributed by atoms with Crippen molar-refractivity contribution >= 4 is 60.5 Å². The Morgan fingerprint density at radius 1 is 1.28 bits per heavy atom. The van der Waals surface area contributed by atoms with Gasteiger partial charge in [-0.05, 0) is 43.0 Å². The number of fused-ring (bicyclic) bond motifs is 4. The molecule has 1 atom stereocenters. The Bertz CT molecular complexity index is 1300. The lowest BCUT2D eigenvalue weighted by atomic mass is 9.87. The number of nitrogens with one attached hydrogen (secondary N) is 2. The molecule has 0 unspecified atom stereocenters. The third kappa shape index (κ3) is 3.20. The maximum absolute atomic E-state index is 12.4. The highest BCUT2D eigenvalue weighted by Crippen LogP contribution is 2.40. The van der Waals surface area contributed by atoms with Crippen molar-refractivity contribution in [3.05, 3.63) is 44.6 Å². The predicted molar refractivity (Wildman–Crippen MR) is 117 cm³/mol. The summed E-state index contributed by atoms with van der Waals surface area (Å²) in [6.45, 7) is 0. The molecule has 2 N–H and O–H groups in total. The molecule has 0 fully saturated rings. The largest absolute Gasteiger partial charge is 0.349 e. The average Bonchev–Trinajstić information content (AvgIpc) is 3.26. The van der Waals surface area contributed by atoms with E-state index in [1.54, 1.807) is 22.6 Å². The minimum absolute atomic E-state index is 0.0358. The zero-order chi connectivity index (χ0) is 20.1. The monoisotopic (exact) mass is 425 g/mol. The van der Waals surface area contributed by atoms with Crippen molar-refractivity contribution in [2.24, 2.45) is 5.92 Å². The second-order valence-corrected chi connectivity index (χ2v) is 9.53. The van der Waals surface area contributed by atoms with E-state index in [1.165, 1.54) is 21.8 Å². The quantitative estimate of drug-likeness (QED) is 0.524. The van der Waals surface area contributed by atoms with Crippen LogP contribution in [0.25, 0.3) is 20.4 Å². The van der Waals surface area contributed by atoms with Gasteiger partial charge in [0.05, 0.1) is 15.6 Å². The molecular weight excluding hydrogens is 406 g/mol. The predicted octanol–water partition coefficient (Wildman–Crippen LogP) is 3.53. The van der Waals surface area contributed by atoms with Crippen LogP contribution < -0.4 is 10.2 Å². The number of thiophene rings is 1. The molecule has 9 heteroatoms. The number of amides is 1. The molecule has 0 bridgehead atoms. The summed E-state index contributed by atoms with van der Waals surface area (Å²) >= 11 is 2.85. The summed E-state index contributed by atoms with van der Waals surface area (Å²) < 4.78 is 0.905. The summed E-state index contributed by atoms with van der Waals surface area (Å²) in [6.07, 6.45) is 4.02. The van der Waals surface area contributed by atoms with E-state index in [2.05, 4.69) is 20.3 Å². The molecule has 3 heterocycles. The highest BCUT2D eigenvalue weighted by atomic mass is 32.1. The van der Waals surface area contributed by atoms with E-state index in [0.717, 1.165) is 51.2 Å². The van der Waals surface area contributed by atoms with E-state index in [9.17, 15) is 9.59 Å². The van der Waals surface area contributed by atoms with Crippen LogP contribution in [-0.4, -0.2) is 39.9 Å². The van der Waals surface area contributed by atoms with Gasteiger partial charge in [0.2, 0.25) is 5.91 Å². The molecule has 5 rings (SSSR count). The minimum Gasteiger partial charge on any atom is -0.349 e. The first-order chi connectivity index (χ1) is 14.0. The first-order valence-electron chi connectivity index (χ1n) is 9.36. The molecule has 1 aliphatic rings. The van der Waals surface area contributed by atoms with Gasteiger partial charge >= 0.3 is 4.87 Å². The second-order valence-electron chi connectivity index (χ2n) is 7.43. The zero-order valence-electron chi connectivity index (χ0n) is 16.0. The fraction of sp³-hybridized carbons (Fsp3) is 0.300. The molecule has 1 aliphatic carbocycles. The molecule has 4 aromatic rings. The number of rotatable bonds is 3. The lowest BCUT2D eigenvalue weighted by molar-refractivity contribution is -0.133. The van der Waals surface area contributed by atoms with E-state index >= 15 is 0 Å². The van der Waals surface area contributed by atoms with Gasteiger partial charge in [-0.3, -0.25) is 9.59 Å². The Labute approximate surface area is 174 Å². The number of nitrogens with zero attached hydrogens (tertiary/aromatic N) is 3. The number of aryl methyl sites for hydroxylation is 1. The van der Waals surface area contributed by atoms with Crippen LogP contribution in [0.1, 0.15) is 16.9 Å². The van der Waals surface area contributed by atoms with Gasteiger partial charge in [0.15, 0.2) is 0 Å². The van der Waals surface area contributed by atoms with Crippen LogP contribution in [0.15, 0.2) is 29.3 Å². The second kappa shape index (κ2) is 6.93. The maximum atomic E-state index is 12.4. The van der Waals surface area contributed by atoms with Crippen LogP contribution in [0.2, 0.25) is 0 Å². The van der Waals surface area contributed by atoms with E-state index in [4.69, 9.17) is 0 Å². The topological polar surface area (TPSA) is 91.0 Å². The summed E-state index contributed by atoms with van der Waals surface area (Å²) in [5.74, 6) is 0.997. The van der Waals surface area contributed by atoms with Crippen LogP contribution in [-0.2, 0) is 17.6 Å². The molecule has 1 amide bonds. The molecular formula is C20H19N5O2S2. The Balaban J connectivity index is 1.52. The molecule has 0 saturated heterocycles. The van der Waals surface area contributed by atoms with E-state index in [1.807, 2.05) is 32.3 Å². The third-order valence-corrected chi connectivity index (χ3v) is 7.33. The number of benzene rings is 1. The minimum atomic E-state index is -0.0599. The van der Waals surface area contributed by atoms with Crippen molar-refractivity contribution in [2.75, 3.05) is 19.4 Å². The number of carbonyl (C=O) groups is 1. The number of anilines is 2. The molecule has 148 valence electrons. The first-order valence-corrected chi connectivity index (χ1v) is 11.0. The smallest absolute Gasteiger partial charge is 0.305 e. The summed E-state index contributed by atoms with van der Waals surface area (Å²) in [4.78, 5) is 39.6. The number of aromatic amines is 1. The Morgan fingerprint density at radius 2 is 2.14 bits per heavy atom. The number of hydrogen-bond acceptors (Lipinski definition) is 7. The molecule has 7 nitrogen and oxygen atoms in total. The molecule has 0 aliphatic heterocycles. The van der Waals surface area contributed by atoms with Gasteiger partial charge in [-0.25, -0.2) is 9.97 Å². The number of carbonyl (C=O) groups excluding carboxylic acids is 1. The third-order valence-electron chi connectivity index (χ3n) is 5.32. The molecule has 29 heavy (non-hydrogen) atoms. The number of H-pyrrole nitrogens is 1. The average molecular weight is 426 g/mol. The van der Waals surface area contributed by atoms with Gasteiger partial charge in [-0.2, -0.15) is 0 Å². The van der Waals surface area contributed by atoms with Crippen molar-refractivity contribution in [2.45, 2.75) is 19.3 Å². The summed E-state index contributed by atoms with van der Waals surface area (Å²) in [5.41, 5.74) is 2.97. The summed E-state index contributed by atoms with van der Waals surface area (Å²) in [7, 11) is 3.63. The number of thiazole rings is 1. The van der Waals surface area contributed by atoms with Crippen LogP contribution >= 0.6 is 22.7 Å². The molecule has 1 aromatic carbocycles. The maximum Gasteiger partial charge on any atom is 0.305 e. The van der Waals surface area contributed by atoms with Gasteiger partial charge < -0.3 is 15.2 Å². The van der Waals surface area contributed by atoms with Crippen molar-refractivity contribution < 1.29 is 4.79 Å². The normalized spacial score (nSPS) is 16.1.